The van der Waals surface area contributed by atoms with E-state index in [9.17, 15) is 4.79 Å². The fourth-order valence-electron chi connectivity index (χ4n) is 1.46. The van der Waals surface area contributed by atoms with Crippen molar-refractivity contribution in [2.24, 2.45) is 0 Å². The van der Waals surface area contributed by atoms with Crippen molar-refractivity contribution in [2.75, 3.05) is 25.1 Å². The van der Waals surface area contributed by atoms with E-state index in [1.54, 1.807) is 6.20 Å². The predicted molar refractivity (Wildman–Crippen MR) is 63.5 cm³/mol. The number of carbonyl (C=O) groups is 1. The van der Waals surface area contributed by atoms with E-state index in [4.69, 9.17) is 0 Å². The average Bonchev–Trinajstić information content (AvgIpc) is 2.28. The predicted octanol–water partition coefficient (Wildman–Crippen LogP) is 1.78. The first-order valence-corrected chi connectivity index (χ1v) is 5.41. The maximum absolute atomic E-state index is 11.3. The highest BCUT2D eigenvalue weighted by molar-refractivity contribution is 5.75. The molecule has 4 heteroatoms. The molecule has 16 heavy (non-hydrogen) atoms. The number of esters is 1. The van der Waals surface area contributed by atoms with E-state index >= 15 is 0 Å². The summed E-state index contributed by atoms with van der Waals surface area (Å²) in [4.78, 5) is 17.5. The van der Waals surface area contributed by atoms with Crippen LogP contribution in [0.3, 0.4) is 0 Å². The summed E-state index contributed by atoms with van der Waals surface area (Å²) in [6.07, 6.45) is 2.72. The molecule has 0 unspecified atom stereocenters. The molecule has 88 valence electrons. The fourth-order valence-corrected chi connectivity index (χ4v) is 1.46. The number of pyridine rings is 1. The third-order valence-corrected chi connectivity index (χ3v) is 2.27. The highest BCUT2D eigenvalue weighted by atomic mass is 16.5. The van der Waals surface area contributed by atoms with Crippen molar-refractivity contribution in [3.05, 3.63) is 23.9 Å². The van der Waals surface area contributed by atoms with Crippen LogP contribution in [-0.4, -0.2) is 31.2 Å². The van der Waals surface area contributed by atoms with Crippen molar-refractivity contribution in [1.29, 1.82) is 0 Å². The number of nitrogens with zero attached hydrogens (tertiary/aromatic N) is 2. The van der Waals surface area contributed by atoms with Gasteiger partial charge >= 0.3 is 5.97 Å². The van der Waals surface area contributed by atoms with E-state index in [1.807, 2.05) is 24.0 Å². The number of hydrogen-bond acceptors (Lipinski definition) is 4. The molecule has 0 aliphatic rings. The Morgan fingerprint density at radius 2 is 2.31 bits per heavy atom. The van der Waals surface area contributed by atoms with Crippen molar-refractivity contribution in [3.63, 3.8) is 0 Å². The van der Waals surface area contributed by atoms with Crippen LogP contribution in [0.2, 0.25) is 0 Å². The van der Waals surface area contributed by atoms with Crippen molar-refractivity contribution in [3.8, 4) is 0 Å². The maximum Gasteiger partial charge on any atom is 0.325 e. The van der Waals surface area contributed by atoms with Crippen LogP contribution in [0.4, 0.5) is 5.82 Å². The van der Waals surface area contributed by atoms with E-state index in [1.165, 1.54) is 7.11 Å². The number of rotatable bonds is 5. The van der Waals surface area contributed by atoms with Gasteiger partial charge < -0.3 is 9.64 Å². The summed E-state index contributed by atoms with van der Waals surface area (Å²) in [5.74, 6) is 0.587. The summed E-state index contributed by atoms with van der Waals surface area (Å²) >= 11 is 0. The average molecular weight is 222 g/mol. The van der Waals surface area contributed by atoms with Gasteiger partial charge in [0.2, 0.25) is 0 Å². The zero-order valence-electron chi connectivity index (χ0n) is 10.1. The molecule has 0 aromatic carbocycles. The number of methoxy groups -OCH3 is 1. The molecule has 0 aliphatic heterocycles. The Kier molecular flexibility index (Phi) is 4.76. The number of anilines is 1. The molecule has 0 saturated carbocycles. The van der Waals surface area contributed by atoms with E-state index in [-0.39, 0.29) is 12.5 Å². The van der Waals surface area contributed by atoms with E-state index in [0.29, 0.717) is 0 Å². The van der Waals surface area contributed by atoms with Crippen LogP contribution in [0.5, 0.6) is 0 Å². The summed E-state index contributed by atoms with van der Waals surface area (Å²) in [5, 5.41) is 0. The molecule has 1 rings (SSSR count). The fraction of sp³-hybridized carbons (Fsp3) is 0.500. The van der Waals surface area contributed by atoms with Gasteiger partial charge in [0.05, 0.1) is 7.11 Å². The molecule has 0 fully saturated rings. The van der Waals surface area contributed by atoms with Crippen LogP contribution < -0.4 is 4.90 Å². The van der Waals surface area contributed by atoms with E-state index < -0.39 is 0 Å². The van der Waals surface area contributed by atoms with Gasteiger partial charge in [-0.1, -0.05) is 6.92 Å². The molecule has 0 aliphatic carbocycles. The topological polar surface area (TPSA) is 42.4 Å². The first-order valence-electron chi connectivity index (χ1n) is 5.41. The first kappa shape index (κ1) is 12.5. The van der Waals surface area contributed by atoms with Gasteiger partial charge in [-0.25, -0.2) is 4.98 Å². The zero-order valence-corrected chi connectivity index (χ0v) is 10.1. The SMILES string of the molecule is CCCN(CC(=O)OC)c1cc(C)ccn1. The smallest absolute Gasteiger partial charge is 0.325 e. The summed E-state index contributed by atoms with van der Waals surface area (Å²) < 4.78 is 4.67. The lowest BCUT2D eigenvalue weighted by Gasteiger charge is -2.21. The molecular weight excluding hydrogens is 204 g/mol. The molecule has 0 N–H and O–H groups in total. The lowest BCUT2D eigenvalue weighted by Crippen LogP contribution is -2.31. The van der Waals surface area contributed by atoms with Gasteiger partial charge in [-0.15, -0.1) is 0 Å². The third kappa shape index (κ3) is 3.53. The van der Waals surface area contributed by atoms with Gasteiger partial charge in [0.1, 0.15) is 12.4 Å². The van der Waals surface area contributed by atoms with Crippen LogP contribution >= 0.6 is 0 Å². The second-order valence-corrected chi connectivity index (χ2v) is 3.69. The minimum Gasteiger partial charge on any atom is -0.468 e. The Balaban J connectivity index is 2.80. The van der Waals surface area contributed by atoms with Crippen LogP contribution in [-0.2, 0) is 9.53 Å². The molecule has 0 atom stereocenters. The summed E-state index contributed by atoms with van der Waals surface area (Å²) in [5.41, 5.74) is 1.14. The van der Waals surface area contributed by atoms with Crippen LogP contribution in [0.1, 0.15) is 18.9 Å². The normalized spacial score (nSPS) is 9.94. The number of hydrogen-bond donors (Lipinski definition) is 0. The molecule has 1 heterocycles. The molecule has 1 aromatic rings. The minimum absolute atomic E-state index is 0.239. The van der Waals surface area contributed by atoms with Crippen molar-refractivity contribution >= 4 is 11.8 Å². The number of carbonyl (C=O) groups excluding carboxylic acids is 1. The lowest BCUT2D eigenvalue weighted by molar-refractivity contribution is -0.138. The lowest BCUT2D eigenvalue weighted by atomic mass is 10.3. The molecular formula is C12H18N2O2. The summed E-state index contributed by atoms with van der Waals surface area (Å²) in [6.45, 7) is 5.12. The monoisotopic (exact) mass is 222 g/mol. The van der Waals surface area contributed by atoms with Gasteiger partial charge in [0.25, 0.3) is 0 Å². The first-order chi connectivity index (χ1) is 7.67. The Hall–Kier alpha value is -1.58. The van der Waals surface area contributed by atoms with Crippen LogP contribution in [0.15, 0.2) is 18.3 Å². The zero-order chi connectivity index (χ0) is 12.0. The van der Waals surface area contributed by atoms with Gasteiger partial charge in [0.15, 0.2) is 0 Å². The van der Waals surface area contributed by atoms with Crippen LogP contribution in [0, 0.1) is 6.92 Å². The van der Waals surface area contributed by atoms with Gasteiger partial charge in [-0.05, 0) is 31.0 Å². The summed E-state index contributed by atoms with van der Waals surface area (Å²) in [7, 11) is 1.40. The molecule has 4 nitrogen and oxygen atoms in total. The Morgan fingerprint density at radius 1 is 1.56 bits per heavy atom. The molecule has 0 amide bonds. The van der Waals surface area contributed by atoms with Crippen molar-refractivity contribution in [1.82, 2.24) is 4.98 Å². The van der Waals surface area contributed by atoms with Crippen molar-refractivity contribution in [2.45, 2.75) is 20.3 Å². The standard InChI is InChI=1S/C12H18N2O2/c1-4-7-14(9-12(15)16-3)11-8-10(2)5-6-13-11/h5-6,8H,4,7,9H2,1-3H3. The van der Waals surface area contributed by atoms with Crippen LogP contribution in [0.25, 0.3) is 0 Å². The molecule has 0 bridgehead atoms. The minimum atomic E-state index is -0.239. The highest BCUT2D eigenvalue weighted by Crippen LogP contribution is 2.12. The number of aromatic nitrogens is 1. The second kappa shape index (κ2) is 6.10. The number of aryl methyl sites for hydroxylation is 1. The van der Waals surface area contributed by atoms with Gasteiger partial charge in [-0.3, -0.25) is 4.79 Å². The Bertz CT molecular complexity index is 353. The summed E-state index contributed by atoms with van der Waals surface area (Å²) in [6, 6.07) is 3.91. The Morgan fingerprint density at radius 3 is 2.88 bits per heavy atom. The maximum atomic E-state index is 11.3. The highest BCUT2D eigenvalue weighted by Gasteiger charge is 2.11. The molecule has 0 radical (unpaired) electrons. The van der Waals surface area contributed by atoms with E-state index in [0.717, 1.165) is 24.3 Å². The van der Waals surface area contributed by atoms with Crippen molar-refractivity contribution < 1.29 is 9.53 Å². The van der Waals surface area contributed by atoms with E-state index in [2.05, 4.69) is 16.6 Å². The molecule has 0 saturated heterocycles. The third-order valence-electron chi connectivity index (χ3n) is 2.27. The number of ether oxygens (including phenoxy) is 1. The molecule has 0 spiro atoms. The van der Waals surface area contributed by atoms with Gasteiger partial charge in [-0.2, -0.15) is 0 Å². The second-order valence-electron chi connectivity index (χ2n) is 3.69. The molecule has 1 aromatic heterocycles. The Labute approximate surface area is 96.2 Å². The largest absolute Gasteiger partial charge is 0.468 e. The quantitative estimate of drug-likeness (QED) is 0.712. The van der Waals surface area contributed by atoms with Gasteiger partial charge in [0, 0.05) is 12.7 Å².